The number of alkyl halides is 1. The summed E-state index contributed by atoms with van der Waals surface area (Å²) in [4.78, 5) is 11.4. The highest BCUT2D eigenvalue weighted by molar-refractivity contribution is 14.1. The fourth-order valence-corrected chi connectivity index (χ4v) is 3.85. The molecule has 3 heteroatoms. The van der Waals surface area contributed by atoms with Crippen molar-refractivity contribution in [2.45, 2.75) is 42.4 Å². The Hall–Kier alpha value is 0.200. The van der Waals surface area contributed by atoms with Crippen LogP contribution in [-0.2, 0) is 4.79 Å². The highest BCUT2D eigenvalue weighted by atomic mass is 127. The number of carbonyl (C=O) groups excluding carboxylic acids is 1. The number of nitrogens with two attached hydrogens (primary N) is 1. The molecule has 2 nitrogen and oxygen atoms in total. The summed E-state index contributed by atoms with van der Waals surface area (Å²) in [5.74, 6) is 0.812. The van der Waals surface area contributed by atoms with E-state index in [-0.39, 0.29) is 11.3 Å². The molecule has 1 amide bonds. The number of hydrogen-bond donors (Lipinski definition) is 1. The maximum absolute atomic E-state index is 11.4. The average molecular weight is 293 g/mol. The third-order valence-corrected chi connectivity index (χ3v) is 5.56. The van der Waals surface area contributed by atoms with Crippen LogP contribution in [0.3, 0.4) is 0 Å². The van der Waals surface area contributed by atoms with Crippen molar-refractivity contribution >= 4 is 28.5 Å². The zero-order valence-corrected chi connectivity index (χ0v) is 9.92. The first-order chi connectivity index (χ1) is 6.14. The molecular formula is C10H16INO. The first-order valence-corrected chi connectivity index (χ1v) is 6.33. The molecule has 3 saturated carbocycles. The van der Waals surface area contributed by atoms with E-state index in [1.54, 1.807) is 0 Å². The van der Waals surface area contributed by atoms with Gasteiger partial charge >= 0.3 is 0 Å². The van der Waals surface area contributed by atoms with Gasteiger partial charge in [-0.05, 0) is 44.4 Å². The van der Waals surface area contributed by atoms with Gasteiger partial charge in [-0.2, -0.15) is 0 Å². The standard InChI is InChI=1S/C10H16INO/c11-8-3-6-10(9(12)13)4-1-7(8)2-5-10/h7-8H,1-6H2,(H2,12,13). The van der Waals surface area contributed by atoms with Gasteiger partial charge in [-0.25, -0.2) is 0 Å². The normalized spacial score (nSPS) is 44.4. The Kier molecular flexibility index (Phi) is 2.55. The lowest BCUT2D eigenvalue weighted by Gasteiger charge is -2.33. The molecule has 0 heterocycles. The molecule has 3 aliphatic rings. The van der Waals surface area contributed by atoms with Crippen LogP contribution in [0.1, 0.15) is 38.5 Å². The topological polar surface area (TPSA) is 43.1 Å². The third-order valence-electron chi connectivity index (χ3n) is 3.92. The van der Waals surface area contributed by atoms with Crippen LogP contribution in [0.25, 0.3) is 0 Å². The maximum atomic E-state index is 11.4. The average Bonchev–Trinajstić information content (AvgIpc) is 2.38. The van der Waals surface area contributed by atoms with Crippen LogP contribution in [0.4, 0.5) is 0 Å². The van der Waals surface area contributed by atoms with E-state index in [9.17, 15) is 4.79 Å². The molecule has 0 aromatic rings. The predicted molar refractivity (Wildman–Crippen MR) is 60.6 cm³/mol. The van der Waals surface area contributed by atoms with Gasteiger partial charge in [0, 0.05) is 9.34 Å². The minimum absolute atomic E-state index is 0.0450. The van der Waals surface area contributed by atoms with Crippen molar-refractivity contribution in [3.63, 3.8) is 0 Å². The SMILES string of the molecule is NC(=O)C12CCC(I)C(CC1)CC2. The second kappa shape index (κ2) is 3.41. The molecule has 3 fully saturated rings. The van der Waals surface area contributed by atoms with Gasteiger partial charge in [0.15, 0.2) is 0 Å². The minimum atomic E-state index is -0.115. The van der Waals surface area contributed by atoms with Crippen LogP contribution in [-0.4, -0.2) is 9.83 Å². The number of fused-ring (bicyclic) bond motifs is 4. The summed E-state index contributed by atoms with van der Waals surface area (Å²) in [7, 11) is 0. The second-order valence-corrected chi connectivity index (χ2v) is 6.14. The number of primary amides is 1. The summed E-state index contributed by atoms with van der Waals surface area (Å²) in [6, 6.07) is 0. The first-order valence-electron chi connectivity index (χ1n) is 5.08. The molecule has 13 heavy (non-hydrogen) atoms. The minimum Gasteiger partial charge on any atom is -0.369 e. The van der Waals surface area contributed by atoms with Gasteiger partial charge in [0.2, 0.25) is 5.91 Å². The molecule has 1 atom stereocenters. The van der Waals surface area contributed by atoms with Crippen molar-refractivity contribution in [1.82, 2.24) is 0 Å². The number of rotatable bonds is 1. The van der Waals surface area contributed by atoms with E-state index >= 15 is 0 Å². The van der Waals surface area contributed by atoms with Gasteiger partial charge in [-0.3, -0.25) is 4.79 Å². The van der Waals surface area contributed by atoms with E-state index in [1.165, 1.54) is 19.3 Å². The van der Waals surface area contributed by atoms with Gasteiger partial charge in [0.1, 0.15) is 0 Å². The Morgan fingerprint density at radius 2 is 1.77 bits per heavy atom. The zero-order valence-electron chi connectivity index (χ0n) is 7.76. The first kappa shape index (κ1) is 9.74. The molecular weight excluding hydrogens is 277 g/mol. The van der Waals surface area contributed by atoms with Gasteiger partial charge in [0.25, 0.3) is 0 Å². The number of amides is 1. The van der Waals surface area contributed by atoms with Gasteiger partial charge in [0.05, 0.1) is 0 Å². The fraction of sp³-hybridized carbons (Fsp3) is 0.900. The zero-order chi connectivity index (χ0) is 9.47. The van der Waals surface area contributed by atoms with Crippen LogP contribution < -0.4 is 5.73 Å². The third kappa shape index (κ3) is 1.60. The predicted octanol–water partition coefficient (Wildman–Crippen LogP) is 2.25. The van der Waals surface area contributed by atoms with E-state index in [0.717, 1.165) is 29.1 Å². The van der Waals surface area contributed by atoms with Crippen LogP contribution in [0.2, 0.25) is 0 Å². The highest BCUT2D eigenvalue weighted by Crippen LogP contribution is 2.49. The van der Waals surface area contributed by atoms with Crippen molar-refractivity contribution < 1.29 is 4.79 Å². The molecule has 1 unspecified atom stereocenters. The Bertz CT molecular complexity index is 221. The summed E-state index contributed by atoms with van der Waals surface area (Å²) >= 11 is 2.55. The lowest BCUT2D eigenvalue weighted by molar-refractivity contribution is -0.129. The summed E-state index contributed by atoms with van der Waals surface area (Å²) in [6.07, 6.45) is 6.76. The molecule has 3 aliphatic carbocycles. The largest absolute Gasteiger partial charge is 0.369 e. The van der Waals surface area contributed by atoms with E-state index in [1.807, 2.05) is 0 Å². The summed E-state index contributed by atoms with van der Waals surface area (Å²) in [6.45, 7) is 0. The van der Waals surface area contributed by atoms with Crippen molar-refractivity contribution in [2.75, 3.05) is 0 Å². The molecule has 0 aromatic carbocycles. The number of halogens is 1. The summed E-state index contributed by atoms with van der Waals surface area (Å²) in [5.41, 5.74) is 5.40. The van der Waals surface area contributed by atoms with Gasteiger partial charge < -0.3 is 5.73 Å². The Morgan fingerprint density at radius 1 is 1.23 bits per heavy atom. The molecule has 0 spiro atoms. The van der Waals surface area contributed by atoms with Crippen molar-refractivity contribution in [3.8, 4) is 0 Å². The molecule has 0 saturated heterocycles. The van der Waals surface area contributed by atoms with Crippen LogP contribution in [0, 0.1) is 11.3 Å². The van der Waals surface area contributed by atoms with E-state index < -0.39 is 0 Å². The monoisotopic (exact) mass is 293 g/mol. The second-order valence-electron chi connectivity index (χ2n) is 4.54. The lowest BCUT2D eigenvalue weighted by Crippen LogP contribution is -2.38. The lowest BCUT2D eigenvalue weighted by atomic mass is 9.71. The molecule has 2 N–H and O–H groups in total. The Labute approximate surface area is 92.8 Å². The van der Waals surface area contributed by atoms with Crippen molar-refractivity contribution in [2.24, 2.45) is 17.1 Å². The van der Waals surface area contributed by atoms with Crippen molar-refractivity contribution in [3.05, 3.63) is 0 Å². The Balaban J connectivity index is 2.20. The molecule has 74 valence electrons. The summed E-state index contributed by atoms with van der Waals surface area (Å²) < 4.78 is 0.779. The quantitative estimate of drug-likeness (QED) is 0.585. The van der Waals surface area contributed by atoms with Crippen LogP contribution >= 0.6 is 22.6 Å². The molecule has 0 aromatic heterocycles. The molecule has 3 rings (SSSR count). The van der Waals surface area contributed by atoms with Crippen molar-refractivity contribution in [1.29, 1.82) is 0 Å². The van der Waals surface area contributed by atoms with E-state index in [0.29, 0.717) is 0 Å². The van der Waals surface area contributed by atoms with Crippen LogP contribution in [0.5, 0.6) is 0 Å². The van der Waals surface area contributed by atoms with Crippen LogP contribution in [0.15, 0.2) is 0 Å². The molecule has 0 aliphatic heterocycles. The Morgan fingerprint density at radius 3 is 2.31 bits per heavy atom. The highest BCUT2D eigenvalue weighted by Gasteiger charge is 2.44. The summed E-state index contributed by atoms with van der Waals surface area (Å²) in [5, 5.41) is 0. The molecule has 2 bridgehead atoms. The molecule has 0 radical (unpaired) electrons. The smallest absolute Gasteiger partial charge is 0.223 e. The van der Waals surface area contributed by atoms with E-state index in [4.69, 9.17) is 5.73 Å². The van der Waals surface area contributed by atoms with E-state index in [2.05, 4.69) is 22.6 Å². The van der Waals surface area contributed by atoms with Gasteiger partial charge in [-0.15, -0.1) is 0 Å². The fourth-order valence-electron chi connectivity index (χ4n) is 2.82. The maximum Gasteiger partial charge on any atom is 0.223 e. The van der Waals surface area contributed by atoms with Gasteiger partial charge in [-0.1, -0.05) is 22.6 Å². The number of carbonyl (C=O) groups is 1. The number of hydrogen-bond acceptors (Lipinski definition) is 1.